The largest absolute Gasteiger partial charge is 0.497 e. The second kappa shape index (κ2) is 13.7. The Morgan fingerprint density at radius 2 is 1.78 bits per heavy atom. The highest BCUT2D eigenvalue weighted by Crippen LogP contribution is 2.16. The molecule has 0 heterocycles. The molecule has 0 bridgehead atoms. The van der Waals surface area contributed by atoms with Crippen molar-refractivity contribution in [3.05, 3.63) is 24.3 Å². The highest BCUT2D eigenvalue weighted by molar-refractivity contribution is 14.0. The summed E-state index contributed by atoms with van der Waals surface area (Å²) in [5.41, 5.74) is 0. The van der Waals surface area contributed by atoms with Gasteiger partial charge in [-0.1, -0.05) is 0 Å². The van der Waals surface area contributed by atoms with E-state index in [4.69, 9.17) is 9.47 Å². The Labute approximate surface area is 175 Å². The van der Waals surface area contributed by atoms with E-state index in [1.54, 1.807) is 7.11 Å². The van der Waals surface area contributed by atoms with Crippen molar-refractivity contribution in [2.24, 2.45) is 4.99 Å². The van der Waals surface area contributed by atoms with E-state index >= 15 is 0 Å². The molecule has 0 saturated carbocycles. The first-order chi connectivity index (χ1) is 12.3. The van der Waals surface area contributed by atoms with Crippen molar-refractivity contribution in [3.8, 4) is 11.5 Å². The maximum atomic E-state index is 12.3. The van der Waals surface area contributed by atoms with Gasteiger partial charge in [0.15, 0.2) is 5.96 Å². The van der Waals surface area contributed by atoms with Gasteiger partial charge in [-0.25, -0.2) is 0 Å². The third kappa shape index (κ3) is 12.6. The molecule has 0 aliphatic rings. The first-order valence-electron chi connectivity index (χ1n) is 8.38. The SMILES string of the molecule is CCNC(=NCCN(C)CC(F)(F)F)NCCOc1ccc(OC)cc1.I. The van der Waals surface area contributed by atoms with Crippen molar-refractivity contribution in [1.82, 2.24) is 15.5 Å². The number of aliphatic imine (C=N–C) groups is 1. The fourth-order valence-electron chi connectivity index (χ4n) is 2.07. The molecule has 0 aromatic heterocycles. The van der Waals surface area contributed by atoms with Crippen molar-refractivity contribution in [2.45, 2.75) is 13.1 Å². The standard InChI is InChI=1S/C17H27F3N4O2.HI/c1-4-21-16(22-9-11-24(2)13-17(18,19)20)23-10-12-26-15-7-5-14(25-3)6-8-15;/h5-8H,4,9-13H2,1-3H3,(H2,21,22,23);1H. The van der Waals surface area contributed by atoms with Gasteiger partial charge >= 0.3 is 6.18 Å². The van der Waals surface area contributed by atoms with Crippen LogP contribution in [0.25, 0.3) is 0 Å². The highest BCUT2D eigenvalue weighted by Gasteiger charge is 2.28. The molecule has 1 aromatic carbocycles. The minimum absolute atomic E-state index is 0. The normalized spacial score (nSPS) is 11.7. The number of methoxy groups -OCH3 is 1. The number of ether oxygens (including phenoxy) is 2. The number of benzene rings is 1. The third-order valence-corrected chi connectivity index (χ3v) is 3.27. The molecular formula is C17H28F3IN4O2. The summed E-state index contributed by atoms with van der Waals surface area (Å²) < 4.78 is 47.5. The van der Waals surface area contributed by atoms with E-state index in [2.05, 4.69) is 15.6 Å². The van der Waals surface area contributed by atoms with Crippen molar-refractivity contribution >= 4 is 29.9 Å². The van der Waals surface area contributed by atoms with Crippen LogP contribution in [0.5, 0.6) is 11.5 Å². The maximum absolute atomic E-state index is 12.3. The summed E-state index contributed by atoms with van der Waals surface area (Å²) in [6.07, 6.45) is -4.19. The van der Waals surface area contributed by atoms with E-state index < -0.39 is 12.7 Å². The highest BCUT2D eigenvalue weighted by atomic mass is 127. The van der Waals surface area contributed by atoms with Crippen LogP contribution in [0, 0.1) is 0 Å². The van der Waals surface area contributed by atoms with Gasteiger partial charge in [0.2, 0.25) is 0 Å². The summed E-state index contributed by atoms with van der Waals surface area (Å²) in [5.74, 6) is 2.03. The molecular weight excluding hydrogens is 476 g/mol. The molecule has 0 fully saturated rings. The number of likely N-dealkylation sites (N-methyl/N-ethyl adjacent to an activating group) is 1. The number of nitrogens with zero attached hydrogens (tertiary/aromatic N) is 2. The van der Waals surface area contributed by atoms with Crippen LogP contribution in [0.1, 0.15) is 6.92 Å². The molecule has 0 radical (unpaired) electrons. The number of rotatable bonds is 10. The maximum Gasteiger partial charge on any atom is 0.401 e. The lowest BCUT2D eigenvalue weighted by Crippen LogP contribution is -2.40. The van der Waals surface area contributed by atoms with Crippen molar-refractivity contribution in [3.63, 3.8) is 0 Å². The van der Waals surface area contributed by atoms with Crippen molar-refractivity contribution in [1.29, 1.82) is 0 Å². The summed E-state index contributed by atoms with van der Waals surface area (Å²) in [7, 11) is 3.02. The molecule has 0 amide bonds. The molecule has 0 aliphatic heterocycles. The molecule has 6 nitrogen and oxygen atoms in total. The van der Waals surface area contributed by atoms with E-state index in [1.165, 1.54) is 11.9 Å². The minimum Gasteiger partial charge on any atom is -0.497 e. The van der Waals surface area contributed by atoms with Gasteiger partial charge in [-0.2, -0.15) is 13.2 Å². The number of hydrogen-bond acceptors (Lipinski definition) is 4. The molecule has 0 saturated heterocycles. The monoisotopic (exact) mass is 504 g/mol. The van der Waals surface area contributed by atoms with E-state index in [1.807, 2.05) is 31.2 Å². The van der Waals surface area contributed by atoms with Gasteiger partial charge in [0.25, 0.3) is 0 Å². The minimum atomic E-state index is -4.19. The lowest BCUT2D eigenvalue weighted by Gasteiger charge is -2.18. The summed E-state index contributed by atoms with van der Waals surface area (Å²) in [4.78, 5) is 5.46. The number of hydrogen-bond donors (Lipinski definition) is 2. The van der Waals surface area contributed by atoms with Crippen LogP contribution in [0.2, 0.25) is 0 Å². The predicted octanol–water partition coefficient (Wildman–Crippen LogP) is 2.74. The molecule has 0 aliphatic carbocycles. The van der Waals surface area contributed by atoms with Gasteiger partial charge in [-0.3, -0.25) is 9.89 Å². The molecule has 156 valence electrons. The summed E-state index contributed by atoms with van der Waals surface area (Å²) >= 11 is 0. The zero-order chi connectivity index (χ0) is 19.4. The van der Waals surface area contributed by atoms with E-state index in [0.717, 1.165) is 11.5 Å². The van der Waals surface area contributed by atoms with Crippen LogP contribution in [0.3, 0.4) is 0 Å². The topological polar surface area (TPSA) is 58.1 Å². The van der Waals surface area contributed by atoms with Crippen LogP contribution in [-0.4, -0.2) is 70.5 Å². The van der Waals surface area contributed by atoms with Gasteiger partial charge in [0, 0.05) is 13.1 Å². The number of halogens is 4. The first kappa shape index (κ1) is 25.6. The van der Waals surface area contributed by atoms with Crippen LogP contribution in [0.4, 0.5) is 13.2 Å². The Kier molecular flexibility index (Phi) is 13.0. The number of alkyl halides is 3. The van der Waals surface area contributed by atoms with Gasteiger partial charge in [0.1, 0.15) is 18.1 Å². The average molecular weight is 504 g/mol. The van der Waals surface area contributed by atoms with Gasteiger partial charge in [0.05, 0.1) is 26.7 Å². The van der Waals surface area contributed by atoms with E-state index in [-0.39, 0.29) is 37.1 Å². The van der Waals surface area contributed by atoms with Gasteiger partial charge in [-0.05, 0) is 38.2 Å². The number of guanidine groups is 1. The van der Waals surface area contributed by atoms with Crippen LogP contribution in [-0.2, 0) is 0 Å². The fourth-order valence-corrected chi connectivity index (χ4v) is 2.07. The Balaban J connectivity index is 0.00000676. The molecule has 2 N–H and O–H groups in total. The van der Waals surface area contributed by atoms with E-state index in [0.29, 0.717) is 25.7 Å². The summed E-state index contributed by atoms with van der Waals surface area (Å²) in [5, 5.41) is 6.13. The lowest BCUT2D eigenvalue weighted by atomic mass is 10.3. The zero-order valence-corrected chi connectivity index (χ0v) is 18.1. The second-order valence-electron chi connectivity index (χ2n) is 5.56. The molecule has 0 unspecified atom stereocenters. The van der Waals surface area contributed by atoms with Gasteiger partial charge < -0.3 is 20.1 Å². The quantitative estimate of drug-likeness (QED) is 0.222. The average Bonchev–Trinajstić information content (AvgIpc) is 2.57. The molecule has 1 aromatic rings. The van der Waals surface area contributed by atoms with Gasteiger partial charge in [-0.15, -0.1) is 24.0 Å². The second-order valence-corrected chi connectivity index (χ2v) is 5.56. The molecule has 1 rings (SSSR count). The fraction of sp³-hybridized carbons (Fsp3) is 0.588. The number of nitrogens with one attached hydrogen (secondary N) is 2. The Morgan fingerprint density at radius 3 is 2.33 bits per heavy atom. The summed E-state index contributed by atoms with van der Waals surface area (Å²) in [6.45, 7) is 3.05. The molecule has 0 atom stereocenters. The van der Waals surface area contributed by atoms with Crippen molar-refractivity contribution in [2.75, 3.05) is 53.5 Å². The van der Waals surface area contributed by atoms with Crippen molar-refractivity contribution < 1.29 is 22.6 Å². The molecule has 27 heavy (non-hydrogen) atoms. The summed E-state index contributed by atoms with van der Waals surface area (Å²) in [6, 6.07) is 7.25. The smallest absolute Gasteiger partial charge is 0.401 e. The predicted molar refractivity (Wildman–Crippen MR) is 111 cm³/mol. The molecule has 10 heteroatoms. The Morgan fingerprint density at radius 1 is 1.15 bits per heavy atom. The zero-order valence-electron chi connectivity index (χ0n) is 15.8. The van der Waals surface area contributed by atoms with E-state index in [9.17, 15) is 13.2 Å². The first-order valence-corrected chi connectivity index (χ1v) is 8.38. The Bertz CT molecular complexity index is 542. The van der Waals surface area contributed by atoms with Crippen LogP contribution >= 0.6 is 24.0 Å². The lowest BCUT2D eigenvalue weighted by molar-refractivity contribution is -0.142. The van der Waals surface area contributed by atoms with Crippen LogP contribution in [0.15, 0.2) is 29.3 Å². The Hall–Kier alpha value is -1.43. The van der Waals surface area contributed by atoms with Crippen LogP contribution < -0.4 is 20.1 Å². The molecule has 0 spiro atoms. The third-order valence-electron chi connectivity index (χ3n) is 3.27.